The van der Waals surface area contributed by atoms with Crippen molar-refractivity contribution >= 4 is 49.3 Å². The van der Waals surface area contributed by atoms with Crippen molar-refractivity contribution in [2.75, 3.05) is 30.1 Å². The van der Waals surface area contributed by atoms with Gasteiger partial charge < -0.3 is 21.4 Å². The number of oxime groups is 1. The summed E-state index contributed by atoms with van der Waals surface area (Å²) in [6.07, 6.45) is -1.78. The molecule has 0 spiro atoms. The first-order valence-electron chi connectivity index (χ1n) is 12.8. The number of nitrogens with zero attached hydrogens (tertiary/aromatic N) is 2. The number of carboxylic acid groups (broad SMARTS) is 1. The molecule has 0 saturated heterocycles. The van der Waals surface area contributed by atoms with Crippen molar-refractivity contribution in [3.05, 3.63) is 77.9 Å². The molecule has 5 N–H and O–H groups in total. The second kappa shape index (κ2) is 14.9. The Morgan fingerprint density at radius 3 is 2.07 bits per heavy atom. The molecule has 0 unspecified atom stereocenters. The number of hydrogen-bond donors (Lipinski definition) is 4. The van der Waals surface area contributed by atoms with Gasteiger partial charge in [0, 0.05) is 41.7 Å². The van der Waals surface area contributed by atoms with Crippen LogP contribution in [0, 0.1) is 0 Å². The number of halogens is 3. The summed E-state index contributed by atoms with van der Waals surface area (Å²) in [6, 6.07) is 17.4. The van der Waals surface area contributed by atoms with Crippen LogP contribution in [0.15, 0.2) is 76.8 Å². The number of carboxylic acids is 1. The van der Waals surface area contributed by atoms with Crippen molar-refractivity contribution in [2.45, 2.75) is 30.5 Å². The van der Waals surface area contributed by atoms with Gasteiger partial charge in [0.15, 0.2) is 9.84 Å². The van der Waals surface area contributed by atoms with Crippen LogP contribution < -0.4 is 11.1 Å². The highest BCUT2D eigenvalue weighted by molar-refractivity contribution is 7.90. The summed E-state index contributed by atoms with van der Waals surface area (Å²) >= 11 is 0. The maximum atomic E-state index is 13.4. The summed E-state index contributed by atoms with van der Waals surface area (Å²) in [4.78, 5) is 22.5. The number of nitrogens with two attached hydrogens (primary N) is 1. The zero-order valence-electron chi connectivity index (χ0n) is 24.2. The van der Waals surface area contributed by atoms with E-state index < -0.39 is 44.0 Å². The molecule has 3 rings (SSSR count). The van der Waals surface area contributed by atoms with Crippen LogP contribution in [0.2, 0.25) is 0 Å². The fraction of sp³-hybridized carbons (Fsp3) is 0.250. The molecule has 1 amide bonds. The number of sulfonamides is 1. The number of carbonyl (C=O) groups excluding carboxylic acids is 1. The van der Waals surface area contributed by atoms with Crippen LogP contribution in [0.25, 0.3) is 11.1 Å². The van der Waals surface area contributed by atoms with E-state index in [0.717, 1.165) is 23.0 Å². The molecule has 12 nitrogen and oxygen atoms in total. The number of alkyl halides is 3. The summed E-state index contributed by atoms with van der Waals surface area (Å²) in [5, 5.41) is 22.4. The first kappa shape index (κ1) is 36.6. The zero-order chi connectivity index (χ0) is 34.2. The van der Waals surface area contributed by atoms with Gasteiger partial charge in [0.2, 0.25) is 10.0 Å². The Morgan fingerprint density at radius 1 is 1.00 bits per heavy atom. The van der Waals surface area contributed by atoms with Crippen molar-refractivity contribution in [3.8, 4) is 11.1 Å². The number of nitrogens with one attached hydrogen (secondary N) is 1. The molecular weight excluding hydrogens is 641 g/mol. The highest BCUT2D eigenvalue weighted by Gasteiger charge is 2.38. The summed E-state index contributed by atoms with van der Waals surface area (Å²) in [5.41, 5.74) is 9.03. The van der Waals surface area contributed by atoms with E-state index in [1.807, 2.05) is 0 Å². The normalized spacial score (nSPS) is 12.6. The molecule has 17 heteroatoms. The van der Waals surface area contributed by atoms with E-state index >= 15 is 0 Å². The Bertz CT molecular complexity index is 1760. The number of carbonyl (C=O) groups is 2. The van der Waals surface area contributed by atoms with Gasteiger partial charge in [-0.1, -0.05) is 47.6 Å². The average Bonchev–Trinajstić information content (AvgIpc) is 2.94. The molecule has 1 atom stereocenters. The minimum atomic E-state index is -5.08. The molecule has 0 aromatic heterocycles. The summed E-state index contributed by atoms with van der Waals surface area (Å²) in [5.74, 6) is -3.43. The van der Waals surface area contributed by atoms with Crippen LogP contribution in [0.1, 0.15) is 18.1 Å². The van der Waals surface area contributed by atoms with Gasteiger partial charge in [-0.2, -0.15) is 13.2 Å². The quantitative estimate of drug-likeness (QED) is 0.107. The fourth-order valence-corrected chi connectivity index (χ4v) is 5.98. The lowest BCUT2D eigenvalue weighted by molar-refractivity contribution is -0.192. The van der Waals surface area contributed by atoms with Gasteiger partial charge in [-0.25, -0.2) is 25.9 Å². The van der Waals surface area contributed by atoms with Crippen molar-refractivity contribution < 1.29 is 49.9 Å². The molecule has 244 valence electrons. The number of aliphatic carboxylic acids is 1. The summed E-state index contributed by atoms with van der Waals surface area (Å²) < 4.78 is 81.6. The van der Waals surface area contributed by atoms with E-state index in [4.69, 9.17) is 20.8 Å². The van der Waals surface area contributed by atoms with Crippen LogP contribution in [0.4, 0.5) is 24.5 Å². The number of sulfone groups is 1. The van der Waals surface area contributed by atoms with Crippen molar-refractivity contribution in [1.82, 2.24) is 4.31 Å². The lowest BCUT2D eigenvalue weighted by Gasteiger charge is -2.26. The van der Waals surface area contributed by atoms with Crippen molar-refractivity contribution in [3.63, 3.8) is 0 Å². The van der Waals surface area contributed by atoms with Crippen LogP contribution in [0.5, 0.6) is 0 Å². The molecule has 0 aliphatic heterocycles. The minimum absolute atomic E-state index is 0.0376. The number of rotatable bonds is 10. The Kier molecular flexibility index (Phi) is 12.1. The fourth-order valence-electron chi connectivity index (χ4n) is 4.15. The van der Waals surface area contributed by atoms with E-state index in [9.17, 15) is 34.8 Å². The summed E-state index contributed by atoms with van der Waals surface area (Å²) in [6.45, 7) is 1.51. The van der Waals surface area contributed by atoms with E-state index in [1.54, 1.807) is 67.6 Å². The lowest BCUT2D eigenvalue weighted by Crippen LogP contribution is -2.46. The molecule has 0 radical (unpaired) electrons. The van der Waals surface area contributed by atoms with Crippen LogP contribution in [0.3, 0.4) is 0 Å². The zero-order valence-corrected chi connectivity index (χ0v) is 25.8. The molecule has 0 heterocycles. The van der Waals surface area contributed by atoms with Gasteiger partial charge in [0.25, 0.3) is 5.91 Å². The molecule has 45 heavy (non-hydrogen) atoms. The molecule has 0 saturated carbocycles. The Morgan fingerprint density at radius 2 is 1.58 bits per heavy atom. The van der Waals surface area contributed by atoms with Gasteiger partial charge >= 0.3 is 12.1 Å². The van der Waals surface area contributed by atoms with Crippen LogP contribution in [-0.2, 0) is 35.9 Å². The largest absolute Gasteiger partial charge is 0.490 e. The third kappa shape index (κ3) is 10.2. The Hall–Kier alpha value is -4.64. The maximum Gasteiger partial charge on any atom is 0.490 e. The molecule has 3 aromatic rings. The predicted octanol–water partition coefficient (Wildman–Crippen LogP) is 3.61. The number of anilines is 2. The first-order valence-corrected chi connectivity index (χ1v) is 16.6. The lowest BCUT2D eigenvalue weighted by atomic mass is 9.98. The van der Waals surface area contributed by atoms with Crippen LogP contribution >= 0.6 is 0 Å². The van der Waals surface area contributed by atoms with E-state index in [2.05, 4.69) is 10.5 Å². The highest BCUT2D eigenvalue weighted by atomic mass is 32.2. The monoisotopic (exact) mass is 672 g/mol. The maximum absolute atomic E-state index is 13.4. The van der Waals surface area contributed by atoms with Crippen molar-refractivity contribution in [2.24, 2.45) is 5.16 Å². The smallest absolute Gasteiger partial charge is 0.475 e. The number of amides is 1. The molecule has 3 aromatic carbocycles. The van der Waals surface area contributed by atoms with Crippen LogP contribution in [-0.4, -0.2) is 80.8 Å². The molecular formula is C28H31F3N4O8S2. The topological polar surface area (TPSA) is 197 Å². The standard InChI is InChI=1S/C26H30N4O6S2.C2HF3O2/c1-4-30(38(3,35)36)26(31)24(16-19-8-7-10-23(27)22(19)17-28-32)29-20-14-12-18(13-15-20)21-9-5-6-11-25(21)37(2,33)34;3-2(4,5)1(6)7/h5-15,17,24,29,32H,4,16,27H2,1-3H3;(H,6,7)/t24-;/m0./s1. The average molecular weight is 673 g/mol. The van der Waals surface area contributed by atoms with E-state index in [0.29, 0.717) is 33.6 Å². The first-order chi connectivity index (χ1) is 20.8. The second-order valence-corrected chi connectivity index (χ2v) is 13.4. The highest BCUT2D eigenvalue weighted by Crippen LogP contribution is 2.29. The minimum Gasteiger partial charge on any atom is -0.475 e. The molecule has 0 bridgehead atoms. The van der Waals surface area contributed by atoms with Gasteiger partial charge in [0.05, 0.1) is 17.4 Å². The Labute approximate surface area is 257 Å². The molecule has 0 aliphatic carbocycles. The third-order valence-corrected chi connectivity index (χ3v) is 8.53. The molecule has 0 aliphatic rings. The van der Waals surface area contributed by atoms with Gasteiger partial charge in [-0.15, -0.1) is 0 Å². The predicted molar refractivity (Wildman–Crippen MR) is 162 cm³/mol. The van der Waals surface area contributed by atoms with E-state index in [-0.39, 0.29) is 17.9 Å². The number of hydrogen-bond acceptors (Lipinski definition) is 10. The number of nitrogen functional groups attached to an aromatic ring is 1. The van der Waals surface area contributed by atoms with Gasteiger partial charge in [0.1, 0.15) is 6.04 Å². The number of likely N-dealkylation sites (N-methyl/N-ethyl adjacent to an activating group) is 1. The molecule has 0 fully saturated rings. The SMILES string of the molecule is CCN(C(=O)[C@H](Cc1cccc(N)c1C=NO)Nc1ccc(-c2ccccc2S(C)(=O)=O)cc1)S(C)(=O)=O.O=C(O)C(F)(F)F. The van der Waals surface area contributed by atoms with Crippen molar-refractivity contribution in [1.29, 1.82) is 0 Å². The van der Waals surface area contributed by atoms with E-state index in [1.165, 1.54) is 6.07 Å². The second-order valence-electron chi connectivity index (χ2n) is 9.48. The third-order valence-electron chi connectivity index (χ3n) is 6.14. The number of benzene rings is 3. The van der Waals surface area contributed by atoms with Gasteiger partial charge in [-0.3, -0.25) is 4.79 Å². The Balaban J connectivity index is 0.000000900. The van der Waals surface area contributed by atoms with Gasteiger partial charge in [-0.05, 0) is 42.3 Å². The summed E-state index contributed by atoms with van der Waals surface area (Å²) in [7, 11) is -7.29.